The molecule has 1 N–H and O–H groups in total. The minimum Gasteiger partial charge on any atom is -0.383 e. The first-order chi connectivity index (χ1) is 9.24. The normalized spacial score (nSPS) is 29.7. The maximum atomic E-state index is 5.43. The van der Waals surface area contributed by atoms with E-state index in [0.717, 1.165) is 31.2 Å². The summed E-state index contributed by atoms with van der Waals surface area (Å²) in [6, 6.07) is 2.10. The zero-order chi connectivity index (χ0) is 13.7. The zero-order valence-corrected chi connectivity index (χ0v) is 13.0. The van der Waals surface area contributed by atoms with Crippen LogP contribution in [0.3, 0.4) is 0 Å². The molecule has 2 fully saturated rings. The largest absolute Gasteiger partial charge is 0.383 e. The molecule has 0 heterocycles. The summed E-state index contributed by atoms with van der Waals surface area (Å²) in [6.45, 7) is 4.27. The molecule has 2 aliphatic rings. The van der Waals surface area contributed by atoms with Gasteiger partial charge in [0.15, 0.2) is 0 Å². The Morgan fingerprint density at radius 1 is 1.16 bits per heavy atom. The van der Waals surface area contributed by atoms with E-state index in [1.165, 1.54) is 44.9 Å². The van der Waals surface area contributed by atoms with Crippen molar-refractivity contribution in [1.82, 2.24) is 10.2 Å². The number of nitrogens with zero attached hydrogens (tertiary/aromatic N) is 1. The van der Waals surface area contributed by atoms with Gasteiger partial charge in [0.1, 0.15) is 0 Å². The van der Waals surface area contributed by atoms with Gasteiger partial charge in [0.05, 0.1) is 6.61 Å². The molecule has 1 atom stereocenters. The average molecular weight is 268 g/mol. The smallest absolute Gasteiger partial charge is 0.0630 e. The van der Waals surface area contributed by atoms with Gasteiger partial charge >= 0.3 is 0 Å². The van der Waals surface area contributed by atoms with Gasteiger partial charge in [0.2, 0.25) is 0 Å². The molecule has 0 saturated heterocycles. The summed E-state index contributed by atoms with van der Waals surface area (Å²) in [7, 11) is 4.13. The van der Waals surface area contributed by atoms with E-state index in [2.05, 4.69) is 24.2 Å². The first kappa shape index (κ1) is 15.3. The quantitative estimate of drug-likeness (QED) is 0.732. The Morgan fingerprint density at radius 3 is 2.37 bits per heavy atom. The number of nitrogens with one attached hydrogen (secondary N) is 1. The highest BCUT2D eigenvalue weighted by Crippen LogP contribution is 2.29. The summed E-state index contributed by atoms with van der Waals surface area (Å²) in [5.41, 5.74) is 0. The number of hydrogen-bond acceptors (Lipinski definition) is 3. The topological polar surface area (TPSA) is 24.5 Å². The number of rotatable bonds is 8. The van der Waals surface area contributed by atoms with Crippen molar-refractivity contribution in [3.8, 4) is 0 Å². The molecule has 0 radical (unpaired) electrons. The molecule has 0 aromatic heterocycles. The second-order valence-electron chi connectivity index (χ2n) is 6.54. The van der Waals surface area contributed by atoms with E-state index < -0.39 is 0 Å². The van der Waals surface area contributed by atoms with Gasteiger partial charge in [-0.25, -0.2) is 0 Å². The lowest BCUT2D eigenvalue weighted by Crippen LogP contribution is -2.49. The first-order valence-electron chi connectivity index (χ1n) is 8.18. The van der Waals surface area contributed by atoms with Crippen molar-refractivity contribution in [2.45, 2.75) is 70.0 Å². The van der Waals surface area contributed by atoms with Gasteiger partial charge in [-0.05, 0) is 51.5 Å². The maximum absolute atomic E-state index is 5.43. The second kappa shape index (κ2) is 7.61. The molecule has 112 valence electrons. The lowest BCUT2D eigenvalue weighted by Gasteiger charge is -2.39. The number of likely N-dealkylation sites (N-methyl/N-ethyl adjacent to an activating group) is 1. The number of ether oxygens (including phenoxy) is 1. The van der Waals surface area contributed by atoms with Crippen LogP contribution in [0.5, 0.6) is 0 Å². The molecule has 3 heteroatoms. The van der Waals surface area contributed by atoms with Gasteiger partial charge in [-0.15, -0.1) is 0 Å². The summed E-state index contributed by atoms with van der Waals surface area (Å²) in [6.07, 6.45) is 9.68. The second-order valence-corrected chi connectivity index (χ2v) is 6.54. The van der Waals surface area contributed by atoms with Crippen LogP contribution in [0.15, 0.2) is 0 Å². The molecule has 2 rings (SSSR count). The van der Waals surface area contributed by atoms with Crippen LogP contribution in [0.1, 0.15) is 51.9 Å². The highest BCUT2D eigenvalue weighted by Gasteiger charge is 2.29. The molecule has 2 aliphatic carbocycles. The molecule has 0 amide bonds. The Balaban J connectivity index is 1.77. The Labute approximate surface area is 119 Å². The molecule has 1 unspecified atom stereocenters. The van der Waals surface area contributed by atoms with Crippen molar-refractivity contribution >= 4 is 0 Å². The van der Waals surface area contributed by atoms with Gasteiger partial charge < -0.3 is 10.1 Å². The standard InChI is InChI=1S/C16H32N2O/c1-4-13-5-9-15(10-6-13)18(2)16(12-19-3)11-17-14-7-8-14/h13-17H,4-12H2,1-3H3. The Bertz CT molecular complexity index is 247. The van der Waals surface area contributed by atoms with Crippen LogP contribution in [0.2, 0.25) is 0 Å². The molecule has 0 aromatic carbocycles. The number of hydrogen-bond donors (Lipinski definition) is 1. The van der Waals surface area contributed by atoms with Crippen molar-refractivity contribution in [2.24, 2.45) is 5.92 Å². The first-order valence-corrected chi connectivity index (χ1v) is 8.18. The molecule has 3 nitrogen and oxygen atoms in total. The summed E-state index contributed by atoms with van der Waals surface area (Å²) in [4.78, 5) is 2.59. The Hall–Kier alpha value is -0.120. The fourth-order valence-electron chi connectivity index (χ4n) is 3.36. The van der Waals surface area contributed by atoms with Crippen molar-refractivity contribution in [1.29, 1.82) is 0 Å². The van der Waals surface area contributed by atoms with Gasteiger partial charge in [-0.3, -0.25) is 4.90 Å². The van der Waals surface area contributed by atoms with Gasteiger partial charge in [0.25, 0.3) is 0 Å². The third kappa shape index (κ3) is 4.73. The number of methoxy groups -OCH3 is 1. The van der Waals surface area contributed by atoms with Crippen LogP contribution in [-0.4, -0.2) is 50.3 Å². The third-order valence-electron chi connectivity index (χ3n) is 5.12. The van der Waals surface area contributed by atoms with Crippen LogP contribution in [0.25, 0.3) is 0 Å². The third-order valence-corrected chi connectivity index (χ3v) is 5.12. The molecule has 0 bridgehead atoms. The highest BCUT2D eigenvalue weighted by atomic mass is 16.5. The van der Waals surface area contributed by atoms with E-state index in [1.807, 2.05) is 7.11 Å². The lowest BCUT2D eigenvalue weighted by molar-refractivity contribution is 0.0594. The van der Waals surface area contributed by atoms with E-state index in [-0.39, 0.29) is 0 Å². The molecular weight excluding hydrogens is 236 g/mol. The summed E-state index contributed by atoms with van der Waals surface area (Å²) in [5, 5.41) is 3.66. The fraction of sp³-hybridized carbons (Fsp3) is 1.00. The van der Waals surface area contributed by atoms with Crippen LogP contribution in [0.4, 0.5) is 0 Å². The zero-order valence-electron chi connectivity index (χ0n) is 13.0. The minimum absolute atomic E-state index is 0.536. The molecule has 0 spiro atoms. The van der Waals surface area contributed by atoms with E-state index in [9.17, 15) is 0 Å². The molecule has 19 heavy (non-hydrogen) atoms. The van der Waals surface area contributed by atoms with Crippen molar-refractivity contribution in [2.75, 3.05) is 27.3 Å². The van der Waals surface area contributed by atoms with Crippen LogP contribution < -0.4 is 5.32 Å². The molecular formula is C16H32N2O. The Morgan fingerprint density at radius 2 is 1.84 bits per heavy atom. The van der Waals surface area contributed by atoms with Crippen LogP contribution in [0, 0.1) is 5.92 Å². The summed E-state index contributed by atoms with van der Waals surface area (Å²) < 4.78 is 5.43. The predicted molar refractivity (Wildman–Crippen MR) is 80.5 cm³/mol. The van der Waals surface area contributed by atoms with E-state index >= 15 is 0 Å². The van der Waals surface area contributed by atoms with E-state index in [4.69, 9.17) is 4.74 Å². The summed E-state index contributed by atoms with van der Waals surface area (Å²) in [5.74, 6) is 0.982. The average Bonchev–Trinajstić information content (AvgIpc) is 3.27. The molecule has 2 saturated carbocycles. The maximum Gasteiger partial charge on any atom is 0.0630 e. The van der Waals surface area contributed by atoms with E-state index in [1.54, 1.807) is 0 Å². The van der Waals surface area contributed by atoms with Crippen LogP contribution >= 0.6 is 0 Å². The minimum atomic E-state index is 0.536. The van der Waals surface area contributed by atoms with E-state index in [0.29, 0.717) is 6.04 Å². The highest BCUT2D eigenvalue weighted by molar-refractivity contribution is 4.86. The molecule has 0 aliphatic heterocycles. The Kier molecular flexibility index (Phi) is 6.11. The lowest BCUT2D eigenvalue weighted by atomic mass is 9.83. The molecule has 0 aromatic rings. The van der Waals surface area contributed by atoms with Crippen molar-refractivity contribution in [3.63, 3.8) is 0 Å². The monoisotopic (exact) mass is 268 g/mol. The predicted octanol–water partition coefficient (Wildman–Crippen LogP) is 2.65. The SMILES string of the molecule is CCC1CCC(N(C)C(CNC2CC2)COC)CC1. The van der Waals surface area contributed by atoms with Crippen molar-refractivity contribution < 1.29 is 4.74 Å². The van der Waals surface area contributed by atoms with Gasteiger partial charge in [-0.2, -0.15) is 0 Å². The van der Waals surface area contributed by atoms with Crippen molar-refractivity contribution in [3.05, 3.63) is 0 Å². The van der Waals surface area contributed by atoms with Gasteiger partial charge in [0, 0.05) is 31.8 Å². The van der Waals surface area contributed by atoms with Gasteiger partial charge in [-0.1, -0.05) is 13.3 Å². The fourth-order valence-corrected chi connectivity index (χ4v) is 3.36. The summed E-state index contributed by atoms with van der Waals surface area (Å²) >= 11 is 0. The van der Waals surface area contributed by atoms with Crippen LogP contribution in [-0.2, 0) is 4.74 Å².